The Kier molecular flexibility index (Phi) is 4.61. The Hall–Kier alpha value is -1.06. The van der Waals surface area contributed by atoms with E-state index >= 15 is 0 Å². The number of aliphatic hydroxyl groups is 1. The Morgan fingerprint density at radius 2 is 2.17 bits per heavy atom. The van der Waals surface area contributed by atoms with E-state index in [4.69, 9.17) is 4.74 Å². The van der Waals surface area contributed by atoms with E-state index in [0.29, 0.717) is 6.04 Å². The summed E-state index contributed by atoms with van der Waals surface area (Å²) in [5.74, 6) is 0.974. The lowest BCUT2D eigenvalue weighted by atomic mass is 10.00. The molecular weight excluding hydrogens is 226 g/mol. The minimum Gasteiger partial charge on any atom is -0.496 e. The number of methoxy groups -OCH3 is 1. The van der Waals surface area contributed by atoms with Crippen molar-refractivity contribution in [3.05, 3.63) is 29.8 Å². The first-order valence-corrected chi connectivity index (χ1v) is 6.74. The molecule has 1 aliphatic rings. The zero-order valence-corrected chi connectivity index (χ0v) is 11.3. The van der Waals surface area contributed by atoms with Crippen molar-refractivity contribution >= 4 is 0 Å². The van der Waals surface area contributed by atoms with Gasteiger partial charge in [-0.2, -0.15) is 0 Å². The number of ether oxygens (including phenoxy) is 1. The molecule has 0 radical (unpaired) electrons. The lowest BCUT2D eigenvalue weighted by Gasteiger charge is -2.35. The first-order chi connectivity index (χ1) is 8.70. The van der Waals surface area contributed by atoms with Crippen LogP contribution in [0.3, 0.4) is 0 Å². The summed E-state index contributed by atoms with van der Waals surface area (Å²) < 4.78 is 5.37. The van der Waals surface area contributed by atoms with E-state index in [9.17, 15) is 5.11 Å². The fourth-order valence-electron chi connectivity index (χ4n) is 2.70. The maximum Gasteiger partial charge on any atom is 0.122 e. The number of nitrogens with zero attached hydrogens (tertiary/aromatic N) is 1. The van der Waals surface area contributed by atoms with Gasteiger partial charge in [0.05, 0.1) is 13.2 Å². The zero-order valence-electron chi connectivity index (χ0n) is 11.3. The van der Waals surface area contributed by atoms with Crippen LogP contribution in [0.1, 0.15) is 25.3 Å². The summed E-state index contributed by atoms with van der Waals surface area (Å²) in [5.41, 5.74) is 1.26. The van der Waals surface area contributed by atoms with Crippen molar-refractivity contribution in [1.29, 1.82) is 0 Å². The van der Waals surface area contributed by atoms with Crippen LogP contribution in [-0.2, 0) is 6.42 Å². The van der Waals surface area contributed by atoms with E-state index in [0.717, 1.165) is 38.1 Å². The van der Waals surface area contributed by atoms with Gasteiger partial charge in [0.25, 0.3) is 0 Å². The molecule has 1 fully saturated rings. The highest BCUT2D eigenvalue weighted by Crippen LogP contribution is 2.21. The van der Waals surface area contributed by atoms with Gasteiger partial charge in [0.2, 0.25) is 0 Å². The molecule has 0 aliphatic carbocycles. The van der Waals surface area contributed by atoms with Crippen molar-refractivity contribution in [3.63, 3.8) is 0 Å². The fraction of sp³-hybridized carbons (Fsp3) is 0.600. The smallest absolute Gasteiger partial charge is 0.122 e. The third-order valence-electron chi connectivity index (χ3n) is 3.85. The molecule has 3 heteroatoms. The van der Waals surface area contributed by atoms with Gasteiger partial charge in [-0.1, -0.05) is 18.2 Å². The molecule has 0 bridgehead atoms. The van der Waals surface area contributed by atoms with Gasteiger partial charge in [0.1, 0.15) is 5.75 Å². The summed E-state index contributed by atoms with van der Waals surface area (Å²) in [6, 6.07) is 8.67. The van der Waals surface area contributed by atoms with Gasteiger partial charge in [-0.15, -0.1) is 0 Å². The van der Waals surface area contributed by atoms with E-state index in [1.807, 2.05) is 12.1 Å². The molecule has 1 aliphatic heterocycles. The second-order valence-electron chi connectivity index (χ2n) is 5.13. The van der Waals surface area contributed by atoms with Crippen LogP contribution >= 0.6 is 0 Å². The Bertz CT molecular complexity index is 381. The predicted molar refractivity (Wildman–Crippen MR) is 73.0 cm³/mol. The van der Waals surface area contributed by atoms with Gasteiger partial charge in [0, 0.05) is 19.1 Å². The number of likely N-dealkylation sites (tertiary alicyclic amines) is 1. The molecule has 1 aromatic rings. The predicted octanol–water partition coefficient (Wildman–Crippen LogP) is 2.08. The normalized spacial score (nSPS) is 25.1. The standard InChI is InChI=1S/C15H23NO2/c1-12-11-14(17)8-10-16(12)9-7-13-5-3-4-6-15(13)18-2/h3-6,12,14,17H,7-11H2,1-2H3. The summed E-state index contributed by atoms with van der Waals surface area (Å²) in [7, 11) is 1.72. The number of para-hydroxylation sites is 1. The summed E-state index contributed by atoms with van der Waals surface area (Å²) >= 11 is 0. The third-order valence-corrected chi connectivity index (χ3v) is 3.85. The monoisotopic (exact) mass is 249 g/mol. The van der Waals surface area contributed by atoms with Crippen LogP contribution in [-0.4, -0.2) is 42.4 Å². The molecule has 0 aromatic heterocycles. The molecule has 0 spiro atoms. The molecule has 1 N–H and O–H groups in total. The van der Waals surface area contributed by atoms with Crippen molar-refractivity contribution in [2.45, 2.75) is 38.3 Å². The molecule has 1 aromatic carbocycles. The Labute approximate surface area is 109 Å². The molecule has 1 heterocycles. The highest BCUT2D eigenvalue weighted by Gasteiger charge is 2.23. The van der Waals surface area contributed by atoms with Crippen LogP contribution in [0.4, 0.5) is 0 Å². The van der Waals surface area contributed by atoms with Crippen LogP contribution in [0.15, 0.2) is 24.3 Å². The Balaban J connectivity index is 1.91. The maximum absolute atomic E-state index is 9.62. The third kappa shape index (κ3) is 3.24. The SMILES string of the molecule is COc1ccccc1CCN1CCC(O)CC1C. The molecule has 3 nitrogen and oxygen atoms in total. The summed E-state index contributed by atoms with van der Waals surface area (Å²) in [5, 5.41) is 9.62. The first kappa shape index (κ1) is 13.4. The van der Waals surface area contributed by atoms with Crippen molar-refractivity contribution in [1.82, 2.24) is 4.90 Å². The summed E-state index contributed by atoms with van der Waals surface area (Å²) in [6.45, 7) is 4.23. The Morgan fingerprint density at radius 1 is 1.39 bits per heavy atom. The van der Waals surface area contributed by atoms with Crippen molar-refractivity contribution in [3.8, 4) is 5.75 Å². The number of benzene rings is 1. The molecule has 2 unspecified atom stereocenters. The van der Waals surface area contributed by atoms with Gasteiger partial charge in [-0.25, -0.2) is 0 Å². The van der Waals surface area contributed by atoms with Crippen LogP contribution in [0, 0.1) is 0 Å². The molecule has 2 rings (SSSR count). The average Bonchev–Trinajstić information content (AvgIpc) is 2.38. The van der Waals surface area contributed by atoms with Crippen LogP contribution in [0.5, 0.6) is 5.75 Å². The van der Waals surface area contributed by atoms with Crippen LogP contribution in [0.2, 0.25) is 0 Å². The topological polar surface area (TPSA) is 32.7 Å². The lowest BCUT2D eigenvalue weighted by Crippen LogP contribution is -2.43. The Morgan fingerprint density at radius 3 is 2.89 bits per heavy atom. The largest absolute Gasteiger partial charge is 0.496 e. The van der Waals surface area contributed by atoms with Crippen LogP contribution in [0.25, 0.3) is 0 Å². The zero-order chi connectivity index (χ0) is 13.0. The quantitative estimate of drug-likeness (QED) is 0.887. The van der Waals surface area contributed by atoms with Gasteiger partial charge < -0.3 is 14.7 Å². The highest BCUT2D eigenvalue weighted by atomic mass is 16.5. The van der Waals surface area contributed by atoms with Gasteiger partial charge in [-0.3, -0.25) is 0 Å². The lowest BCUT2D eigenvalue weighted by molar-refractivity contribution is 0.0490. The van der Waals surface area contributed by atoms with Crippen molar-refractivity contribution in [2.24, 2.45) is 0 Å². The minimum absolute atomic E-state index is 0.109. The number of rotatable bonds is 4. The van der Waals surface area contributed by atoms with Crippen molar-refractivity contribution in [2.75, 3.05) is 20.2 Å². The van der Waals surface area contributed by atoms with Gasteiger partial charge in [0.15, 0.2) is 0 Å². The number of hydrogen-bond acceptors (Lipinski definition) is 3. The van der Waals surface area contributed by atoms with Crippen LogP contribution < -0.4 is 4.74 Å². The molecular formula is C15H23NO2. The second-order valence-corrected chi connectivity index (χ2v) is 5.13. The van der Waals surface area contributed by atoms with E-state index in [-0.39, 0.29) is 6.10 Å². The highest BCUT2D eigenvalue weighted by molar-refractivity contribution is 5.33. The van der Waals surface area contributed by atoms with Gasteiger partial charge >= 0.3 is 0 Å². The van der Waals surface area contributed by atoms with E-state index in [1.54, 1.807) is 7.11 Å². The number of hydrogen-bond donors (Lipinski definition) is 1. The molecule has 1 saturated heterocycles. The second kappa shape index (κ2) is 6.21. The van der Waals surface area contributed by atoms with E-state index < -0.39 is 0 Å². The van der Waals surface area contributed by atoms with E-state index in [1.165, 1.54) is 5.56 Å². The van der Waals surface area contributed by atoms with E-state index in [2.05, 4.69) is 24.0 Å². The molecule has 0 saturated carbocycles. The number of piperidine rings is 1. The average molecular weight is 249 g/mol. The molecule has 0 amide bonds. The summed E-state index contributed by atoms with van der Waals surface area (Å²) in [6.07, 6.45) is 2.69. The molecule has 2 atom stereocenters. The van der Waals surface area contributed by atoms with Crippen molar-refractivity contribution < 1.29 is 9.84 Å². The fourth-order valence-corrected chi connectivity index (χ4v) is 2.70. The first-order valence-electron chi connectivity index (χ1n) is 6.74. The summed E-state index contributed by atoms with van der Waals surface area (Å²) in [4.78, 5) is 2.46. The number of aliphatic hydroxyl groups excluding tert-OH is 1. The maximum atomic E-state index is 9.62. The van der Waals surface area contributed by atoms with Gasteiger partial charge in [-0.05, 0) is 37.8 Å². The minimum atomic E-state index is -0.109. The molecule has 100 valence electrons. The molecule has 18 heavy (non-hydrogen) atoms.